The lowest BCUT2D eigenvalue weighted by Crippen LogP contribution is -2.21. The first-order valence-corrected chi connectivity index (χ1v) is 6.87. The highest BCUT2D eigenvalue weighted by molar-refractivity contribution is 5.29. The molecule has 2 atom stereocenters. The quantitative estimate of drug-likeness (QED) is 0.788. The van der Waals surface area contributed by atoms with Crippen LogP contribution < -0.4 is 10.5 Å². The molecule has 2 N–H and O–H groups in total. The van der Waals surface area contributed by atoms with E-state index in [4.69, 9.17) is 15.2 Å². The molecule has 2 unspecified atom stereocenters. The number of unbranched alkanes of at least 4 members (excludes halogenated alkanes) is 1. The first-order chi connectivity index (χ1) is 8.81. The molecule has 0 aromatic heterocycles. The molecule has 100 valence electrons. The van der Waals surface area contributed by atoms with E-state index in [0.29, 0.717) is 5.92 Å². The van der Waals surface area contributed by atoms with Gasteiger partial charge in [0, 0.05) is 18.6 Å². The molecule has 0 amide bonds. The fraction of sp³-hybridized carbons (Fsp3) is 0.600. The first-order valence-electron chi connectivity index (χ1n) is 6.87. The number of nitrogens with two attached hydrogens (primary N) is 1. The predicted molar refractivity (Wildman–Crippen MR) is 72.7 cm³/mol. The molecule has 1 heterocycles. The average molecular weight is 249 g/mol. The van der Waals surface area contributed by atoms with Crippen LogP contribution in [-0.4, -0.2) is 19.8 Å². The fourth-order valence-corrected chi connectivity index (χ4v) is 2.23. The third-order valence-corrected chi connectivity index (χ3v) is 3.50. The van der Waals surface area contributed by atoms with E-state index in [-0.39, 0.29) is 6.04 Å². The normalized spacial score (nSPS) is 20.9. The minimum absolute atomic E-state index is 0.0807. The molecule has 0 radical (unpaired) electrons. The van der Waals surface area contributed by atoms with Crippen LogP contribution in [0.4, 0.5) is 0 Å². The molecule has 2 rings (SSSR count). The summed E-state index contributed by atoms with van der Waals surface area (Å²) in [6.45, 7) is 4.58. The highest BCUT2D eigenvalue weighted by Gasteiger charge is 2.23. The van der Waals surface area contributed by atoms with Gasteiger partial charge in [0.2, 0.25) is 0 Å². The third kappa shape index (κ3) is 3.47. The maximum absolute atomic E-state index is 6.25. The van der Waals surface area contributed by atoms with Crippen molar-refractivity contribution in [3.63, 3.8) is 0 Å². The number of hydrogen-bond donors (Lipinski definition) is 1. The van der Waals surface area contributed by atoms with Gasteiger partial charge in [0.05, 0.1) is 13.2 Å². The summed E-state index contributed by atoms with van der Waals surface area (Å²) >= 11 is 0. The lowest BCUT2D eigenvalue weighted by atomic mass is 9.93. The van der Waals surface area contributed by atoms with Crippen molar-refractivity contribution in [2.45, 2.75) is 32.2 Å². The molecule has 0 saturated carbocycles. The van der Waals surface area contributed by atoms with Crippen LogP contribution in [-0.2, 0) is 4.74 Å². The van der Waals surface area contributed by atoms with E-state index in [1.807, 2.05) is 12.1 Å². The Labute approximate surface area is 109 Å². The highest BCUT2D eigenvalue weighted by Crippen LogP contribution is 2.27. The van der Waals surface area contributed by atoms with Crippen molar-refractivity contribution in [1.82, 2.24) is 0 Å². The molecule has 3 nitrogen and oxygen atoms in total. The van der Waals surface area contributed by atoms with Gasteiger partial charge in [-0.15, -0.1) is 0 Å². The molecule has 3 heteroatoms. The SMILES string of the molecule is CCCCOc1ccc(C(N)C2CCOC2)cc1. The molecule has 1 aromatic carbocycles. The van der Waals surface area contributed by atoms with Crippen molar-refractivity contribution in [3.8, 4) is 5.75 Å². The van der Waals surface area contributed by atoms with E-state index in [1.54, 1.807) is 0 Å². The predicted octanol–water partition coefficient (Wildman–Crippen LogP) is 2.90. The van der Waals surface area contributed by atoms with Crippen molar-refractivity contribution < 1.29 is 9.47 Å². The Hall–Kier alpha value is -1.06. The van der Waals surface area contributed by atoms with Crippen molar-refractivity contribution in [2.75, 3.05) is 19.8 Å². The molecule has 1 fully saturated rings. The minimum Gasteiger partial charge on any atom is -0.494 e. The van der Waals surface area contributed by atoms with Crippen LogP contribution in [0.15, 0.2) is 24.3 Å². The number of rotatable bonds is 6. The first kappa shape index (κ1) is 13.4. The van der Waals surface area contributed by atoms with Gasteiger partial charge in [-0.1, -0.05) is 25.5 Å². The lowest BCUT2D eigenvalue weighted by Gasteiger charge is -2.18. The van der Waals surface area contributed by atoms with Gasteiger partial charge in [0.15, 0.2) is 0 Å². The summed E-state index contributed by atoms with van der Waals surface area (Å²) in [5.41, 5.74) is 7.43. The lowest BCUT2D eigenvalue weighted by molar-refractivity contribution is 0.181. The Kier molecular flexibility index (Phi) is 5.02. The topological polar surface area (TPSA) is 44.5 Å². The van der Waals surface area contributed by atoms with Crippen LogP contribution in [0, 0.1) is 5.92 Å². The molecular weight excluding hydrogens is 226 g/mol. The van der Waals surface area contributed by atoms with E-state index < -0.39 is 0 Å². The number of ether oxygens (including phenoxy) is 2. The summed E-state index contributed by atoms with van der Waals surface area (Å²) in [7, 11) is 0. The standard InChI is InChI=1S/C15H23NO2/c1-2-3-9-18-14-6-4-12(5-7-14)15(16)13-8-10-17-11-13/h4-7,13,15H,2-3,8-11,16H2,1H3. The minimum atomic E-state index is 0.0807. The Bertz CT molecular complexity index is 344. The Balaban J connectivity index is 1.89. The van der Waals surface area contributed by atoms with Crippen molar-refractivity contribution in [2.24, 2.45) is 11.7 Å². The monoisotopic (exact) mass is 249 g/mol. The Morgan fingerprint density at radius 3 is 2.78 bits per heavy atom. The van der Waals surface area contributed by atoms with Crippen LogP contribution >= 0.6 is 0 Å². The van der Waals surface area contributed by atoms with Gasteiger partial charge in [-0.3, -0.25) is 0 Å². The Morgan fingerprint density at radius 2 is 2.17 bits per heavy atom. The van der Waals surface area contributed by atoms with Gasteiger partial charge in [0.1, 0.15) is 5.75 Å². The second kappa shape index (κ2) is 6.76. The van der Waals surface area contributed by atoms with Crippen molar-refractivity contribution in [1.29, 1.82) is 0 Å². The third-order valence-electron chi connectivity index (χ3n) is 3.50. The molecule has 18 heavy (non-hydrogen) atoms. The summed E-state index contributed by atoms with van der Waals surface area (Å²) in [6, 6.07) is 8.26. The number of benzene rings is 1. The highest BCUT2D eigenvalue weighted by atomic mass is 16.5. The summed E-state index contributed by atoms with van der Waals surface area (Å²) in [6.07, 6.45) is 3.32. The van der Waals surface area contributed by atoms with E-state index in [9.17, 15) is 0 Å². The molecule has 1 saturated heterocycles. The van der Waals surface area contributed by atoms with Crippen molar-refractivity contribution in [3.05, 3.63) is 29.8 Å². The molecule has 0 spiro atoms. The van der Waals surface area contributed by atoms with Crippen molar-refractivity contribution >= 4 is 0 Å². The largest absolute Gasteiger partial charge is 0.494 e. The van der Waals surface area contributed by atoms with Gasteiger partial charge in [-0.2, -0.15) is 0 Å². The zero-order valence-corrected chi connectivity index (χ0v) is 11.1. The Morgan fingerprint density at radius 1 is 1.39 bits per heavy atom. The maximum atomic E-state index is 6.25. The second-order valence-corrected chi connectivity index (χ2v) is 4.92. The van der Waals surface area contributed by atoms with E-state index >= 15 is 0 Å². The average Bonchev–Trinajstić information content (AvgIpc) is 2.93. The van der Waals surface area contributed by atoms with E-state index in [0.717, 1.165) is 44.8 Å². The number of hydrogen-bond acceptors (Lipinski definition) is 3. The van der Waals surface area contributed by atoms with Crippen LogP contribution in [0.1, 0.15) is 37.8 Å². The van der Waals surface area contributed by atoms with E-state index in [2.05, 4.69) is 19.1 Å². The molecule has 1 aliphatic rings. The summed E-state index contributed by atoms with van der Waals surface area (Å²) in [4.78, 5) is 0. The second-order valence-electron chi connectivity index (χ2n) is 4.92. The van der Waals surface area contributed by atoms with Gasteiger partial charge in [-0.25, -0.2) is 0 Å². The molecule has 1 aromatic rings. The van der Waals surface area contributed by atoms with Gasteiger partial charge in [-0.05, 0) is 30.5 Å². The molecule has 0 aliphatic carbocycles. The maximum Gasteiger partial charge on any atom is 0.119 e. The van der Waals surface area contributed by atoms with Gasteiger partial charge >= 0.3 is 0 Å². The molecule has 0 bridgehead atoms. The van der Waals surface area contributed by atoms with Gasteiger partial charge in [0.25, 0.3) is 0 Å². The van der Waals surface area contributed by atoms with Crippen LogP contribution in [0.25, 0.3) is 0 Å². The summed E-state index contributed by atoms with van der Waals surface area (Å²) in [5.74, 6) is 1.39. The van der Waals surface area contributed by atoms with Gasteiger partial charge < -0.3 is 15.2 Å². The summed E-state index contributed by atoms with van der Waals surface area (Å²) in [5, 5.41) is 0. The molecule has 1 aliphatic heterocycles. The van der Waals surface area contributed by atoms with Crippen LogP contribution in [0.2, 0.25) is 0 Å². The summed E-state index contributed by atoms with van der Waals surface area (Å²) < 4.78 is 11.0. The van der Waals surface area contributed by atoms with E-state index in [1.165, 1.54) is 5.56 Å². The molecular formula is C15H23NO2. The zero-order chi connectivity index (χ0) is 12.8. The van der Waals surface area contributed by atoms with Crippen LogP contribution in [0.3, 0.4) is 0 Å². The van der Waals surface area contributed by atoms with Crippen LogP contribution in [0.5, 0.6) is 5.75 Å². The fourth-order valence-electron chi connectivity index (χ4n) is 2.23. The smallest absolute Gasteiger partial charge is 0.119 e. The zero-order valence-electron chi connectivity index (χ0n) is 11.1.